The van der Waals surface area contributed by atoms with Gasteiger partial charge in [0.2, 0.25) is 0 Å². The van der Waals surface area contributed by atoms with Crippen LogP contribution in [-0.4, -0.2) is 17.0 Å². The van der Waals surface area contributed by atoms with Crippen LogP contribution in [-0.2, 0) is 0 Å². The molecule has 3 aliphatic rings. The SMILES string of the molecule is c1ccc(-c2ccccc2[PH](C2CCCCC2)(C2CCCCC2)C2CCCCC2)cc1. The Morgan fingerprint density at radius 2 is 0.871 bits per heavy atom. The molecule has 3 fully saturated rings. The van der Waals surface area contributed by atoms with Crippen molar-refractivity contribution in [1.82, 2.24) is 0 Å². The Kier molecular flexibility index (Phi) is 7.15. The van der Waals surface area contributed by atoms with Crippen LogP contribution in [0.3, 0.4) is 0 Å². The summed E-state index contributed by atoms with van der Waals surface area (Å²) >= 11 is 0. The molecule has 0 amide bonds. The minimum absolute atomic E-state index is 1.03. The third kappa shape index (κ3) is 4.27. The van der Waals surface area contributed by atoms with Crippen LogP contribution in [0, 0.1) is 0 Å². The van der Waals surface area contributed by atoms with Gasteiger partial charge in [0, 0.05) is 0 Å². The Hall–Kier alpha value is -1.13. The Labute approximate surface area is 191 Å². The molecule has 0 radical (unpaired) electrons. The topological polar surface area (TPSA) is 0 Å². The Morgan fingerprint density at radius 1 is 0.452 bits per heavy atom. The van der Waals surface area contributed by atoms with Gasteiger partial charge in [-0.2, -0.15) is 0 Å². The van der Waals surface area contributed by atoms with Crippen molar-refractivity contribution in [2.45, 2.75) is 113 Å². The van der Waals surface area contributed by atoms with Gasteiger partial charge in [0.15, 0.2) is 0 Å². The Bertz CT molecular complexity index is 762. The number of benzene rings is 2. The van der Waals surface area contributed by atoms with Crippen LogP contribution in [0.1, 0.15) is 96.3 Å². The quantitative estimate of drug-likeness (QED) is 0.413. The fourth-order valence-corrected chi connectivity index (χ4v) is 16.6. The molecular weight excluding hydrogens is 391 g/mol. The van der Waals surface area contributed by atoms with Gasteiger partial charge in [-0.15, -0.1) is 0 Å². The van der Waals surface area contributed by atoms with Gasteiger partial charge >= 0.3 is 192 Å². The van der Waals surface area contributed by atoms with Crippen molar-refractivity contribution in [3.63, 3.8) is 0 Å². The molecule has 0 saturated heterocycles. The van der Waals surface area contributed by atoms with Gasteiger partial charge in [0.05, 0.1) is 0 Å². The van der Waals surface area contributed by atoms with E-state index >= 15 is 0 Å². The van der Waals surface area contributed by atoms with E-state index in [0.717, 1.165) is 17.0 Å². The first-order valence-electron chi connectivity index (χ1n) is 13.6. The fourth-order valence-electron chi connectivity index (χ4n) is 8.13. The van der Waals surface area contributed by atoms with Crippen LogP contribution < -0.4 is 5.30 Å². The molecule has 0 bridgehead atoms. The second-order valence-corrected chi connectivity index (χ2v) is 15.7. The zero-order chi connectivity index (χ0) is 20.9. The Morgan fingerprint density at radius 3 is 1.35 bits per heavy atom. The average Bonchev–Trinajstić information content (AvgIpc) is 2.87. The van der Waals surface area contributed by atoms with Gasteiger partial charge in [-0.1, -0.05) is 0 Å². The van der Waals surface area contributed by atoms with Gasteiger partial charge in [-0.05, 0) is 0 Å². The standard InChI is InChI=1S/C30H43P/c1-5-15-25(16-6-1)29-23-13-14-24-30(29)31(26-17-7-2-8-18-26,27-19-9-3-10-20-27)28-21-11-4-12-22-28/h1,5-6,13-16,23-24,26-28,31H,2-4,7-12,17-22H2. The van der Waals surface area contributed by atoms with Crippen molar-refractivity contribution in [2.75, 3.05) is 0 Å². The average molecular weight is 435 g/mol. The van der Waals surface area contributed by atoms with E-state index < -0.39 is 7.26 Å². The summed E-state index contributed by atoms with van der Waals surface area (Å²) < 4.78 is 0. The molecule has 0 nitrogen and oxygen atoms in total. The van der Waals surface area contributed by atoms with Crippen molar-refractivity contribution < 1.29 is 0 Å². The summed E-state index contributed by atoms with van der Waals surface area (Å²) in [5, 5.41) is 1.88. The van der Waals surface area contributed by atoms with Gasteiger partial charge in [0.1, 0.15) is 0 Å². The van der Waals surface area contributed by atoms with Crippen molar-refractivity contribution in [1.29, 1.82) is 0 Å². The van der Waals surface area contributed by atoms with Crippen molar-refractivity contribution in [3.8, 4) is 11.1 Å². The van der Waals surface area contributed by atoms with Crippen molar-refractivity contribution in [3.05, 3.63) is 54.6 Å². The third-order valence-electron chi connectivity index (χ3n) is 9.32. The van der Waals surface area contributed by atoms with E-state index in [-0.39, 0.29) is 0 Å². The zero-order valence-corrected chi connectivity index (χ0v) is 20.5. The molecule has 3 saturated carbocycles. The van der Waals surface area contributed by atoms with E-state index in [2.05, 4.69) is 54.6 Å². The summed E-state index contributed by atoms with van der Waals surface area (Å²) in [7, 11) is -1.70. The molecule has 3 aliphatic carbocycles. The molecule has 168 valence electrons. The molecule has 0 aliphatic heterocycles. The van der Waals surface area contributed by atoms with Gasteiger partial charge in [0.25, 0.3) is 0 Å². The molecule has 0 heterocycles. The first-order chi connectivity index (χ1) is 15.4. The molecule has 2 aromatic rings. The van der Waals surface area contributed by atoms with E-state index in [9.17, 15) is 0 Å². The summed E-state index contributed by atoms with van der Waals surface area (Å²) in [6.07, 6.45) is 22.6. The van der Waals surface area contributed by atoms with Crippen LogP contribution in [0.15, 0.2) is 54.6 Å². The van der Waals surface area contributed by atoms with Gasteiger partial charge in [-0.3, -0.25) is 0 Å². The predicted octanol–water partition coefficient (Wildman–Crippen LogP) is 8.73. The second-order valence-electron chi connectivity index (χ2n) is 10.8. The molecule has 0 atom stereocenters. The monoisotopic (exact) mass is 434 g/mol. The molecule has 5 rings (SSSR count). The molecule has 0 spiro atoms. The number of hydrogen-bond acceptors (Lipinski definition) is 0. The van der Waals surface area contributed by atoms with E-state index in [1.54, 1.807) is 5.56 Å². The zero-order valence-electron chi connectivity index (χ0n) is 19.5. The third-order valence-corrected chi connectivity index (χ3v) is 16.5. The maximum atomic E-state index is 2.65. The molecule has 1 heteroatoms. The number of rotatable bonds is 5. The molecule has 2 aromatic carbocycles. The molecule has 0 aromatic heterocycles. The van der Waals surface area contributed by atoms with Crippen LogP contribution in [0.4, 0.5) is 0 Å². The van der Waals surface area contributed by atoms with E-state index in [0.29, 0.717) is 0 Å². The van der Waals surface area contributed by atoms with Crippen LogP contribution in [0.5, 0.6) is 0 Å². The number of hydrogen-bond donors (Lipinski definition) is 0. The summed E-state index contributed by atoms with van der Waals surface area (Å²) in [6.45, 7) is 0. The van der Waals surface area contributed by atoms with Crippen LogP contribution in [0.25, 0.3) is 11.1 Å². The molecule has 31 heavy (non-hydrogen) atoms. The normalized spacial score (nSPS) is 23.0. The molecular formula is C30H43P. The van der Waals surface area contributed by atoms with E-state index in [1.807, 2.05) is 5.30 Å². The summed E-state index contributed by atoms with van der Waals surface area (Å²) in [5.41, 5.74) is 6.15. The van der Waals surface area contributed by atoms with Gasteiger partial charge < -0.3 is 0 Å². The first-order valence-corrected chi connectivity index (χ1v) is 15.8. The summed E-state index contributed by atoms with van der Waals surface area (Å²) in [6, 6.07) is 21.3. The van der Waals surface area contributed by atoms with Crippen LogP contribution >= 0.6 is 7.26 Å². The summed E-state index contributed by atoms with van der Waals surface area (Å²) in [5.74, 6) is 0. The molecule has 0 N–H and O–H groups in total. The fraction of sp³-hybridized carbons (Fsp3) is 0.600. The Balaban J connectivity index is 1.71. The van der Waals surface area contributed by atoms with E-state index in [1.165, 1.54) is 102 Å². The van der Waals surface area contributed by atoms with Crippen molar-refractivity contribution in [2.24, 2.45) is 0 Å². The molecule has 0 unspecified atom stereocenters. The summed E-state index contributed by atoms with van der Waals surface area (Å²) in [4.78, 5) is 0. The minimum atomic E-state index is -1.70. The first kappa shape index (κ1) is 21.7. The maximum absolute atomic E-state index is 2.65. The van der Waals surface area contributed by atoms with Crippen LogP contribution in [0.2, 0.25) is 0 Å². The van der Waals surface area contributed by atoms with Gasteiger partial charge in [-0.25, -0.2) is 0 Å². The second kappa shape index (κ2) is 10.2. The van der Waals surface area contributed by atoms with E-state index in [4.69, 9.17) is 0 Å². The predicted molar refractivity (Wildman–Crippen MR) is 140 cm³/mol. The van der Waals surface area contributed by atoms with Crippen molar-refractivity contribution >= 4 is 12.6 Å².